The van der Waals surface area contributed by atoms with Crippen LogP contribution < -0.4 is 4.74 Å². The molecule has 0 N–H and O–H groups in total. The quantitative estimate of drug-likeness (QED) is 0.361. The highest BCUT2D eigenvalue weighted by molar-refractivity contribution is 8.26. The second kappa shape index (κ2) is 8.92. The lowest BCUT2D eigenvalue weighted by Crippen LogP contribution is -2.36. The molecule has 1 aliphatic carbocycles. The topological polar surface area (TPSA) is 47.4 Å². The predicted octanol–water partition coefficient (Wildman–Crippen LogP) is 5.69. The molecule has 2 aliphatic rings. The van der Waals surface area contributed by atoms with E-state index in [1.807, 2.05) is 76.5 Å². The summed E-state index contributed by atoms with van der Waals surface area (Å²) in [7, 11) is 1.65. The van der Waals surface area contributed by atoms with Crippen LogP contribution in [0.4, 0.5) is 0 Å². The van der Waals surface area contributed by atoms with E-state index in [-0.39, 0.29) is 11.9 Å². The van der Waals surface area contributed by atoms with Gasteiger partial charge in [0.15, 0.2) is 0 Å². The molecule has 7 heteroatoms. The molecule has 5 rings (SSSR count). The van der Waals surface area contributed by atoms with Gasteiger partial charge in [0.2, 0.25) is 0 Å². The molecule has 3 aromatic rings. The second-order valence-corrected chi connectivity index (χ2v) is 9.61. The molecule has 0 bridgehead atoms. The van der Waals surface area contributed by atoms with Gasteiger partial charge in [0, 0.05) is 23.4 Å². The molecule has 1 saturated heterocycles. The largest absolute Gasteiger partial charge is 0.497 e. The first-order valence-electron chi connectivity index (χ1n) is 10.7. The SMILES string of the molecule is COc1cccc(-c2nn(-c3ccccc3)cc2C=C2SC(=S)N(C3CCCC3)C2=O)c1. The van der Waals surface area contributed by atoms with Crippen molar-refractivity contribution >= 4 is 40.3 Å². The van der Waals surface area contributed by atoms with Crippen LogP contribution in [0.1, 0.15) is 31.2 Å². The highest BCUT2D eigenvalue weighted by Crippen LogP contribution is 2.39. The lowest BCUT2D eigenvalue weighted by Gasteiger charge is -2.21. The number of amides is 1. The van der Waals surface area contributed by atoms with Crippen LogP contribution in [-0.4, -0.2) is 38.1 Å². The Kier molecular flexibility index (Phi) is 5.85. The molecular weight excluding hydrogens is 438 g/mol. The monoisotopic (exact) mass is 461 g/mol. The molecule has 0 spiro atoms. The third kappa shape index (κ3) is 3.98. The molecule has 1 saturated carbocycles. The number of methoxy groups -OCH3 is 1. The van der Waals surface area contributed by atoms with Crippen LogP contribution >= 0.6 is 24.0 Å². The minimum Gasteiger partial charge on any atom is -0.497 e. The van der Waals surface area contributed by atoms with E-state index in [0.717, 1.165) is 53.9 Å². The van der Waals surface area contributed by atoms with Crippen molar-refractivity contribution in [3.63, 3.8) is 0 Å². The Morgan fingerprint density at radius 3 is 2.66 bits per heavy atom. The lowest BCUT2D eigenvalue weighted by molar-refractivity contribution is -0.123. The van der Waals surface area contributed by atoms with Gasteiger partial charge >= 0.3 is 0 Å². The Balaban J connectivity index is 1.57. The van der Waals surface area contributed by atoms with Crippen molar-refractivity contribution in [2.45, 2.75) is 31.7 Å². The molecule has 0 unspecified atom stereocenters. The van der Waals surface area contributed by atoms with E-state index < -0.39 is 0 Å². The standard InChI is InChI=1S/C25H23N3O2S2/c1-30-21-13-7-8-17(14-21)23-18(16-27(26-23)19-9-3-2-4-10-19)15-22-24(29)28(25(31)32-22)20-11-5-6-12-20/h2-4,7-10,13-16,20H,5-6,11-12H2,1H3. The van der Waals surface area contributed by atoms with Crippen molar-refractivity contribution in [3.05, 3.63) is 71.3 Å². The molecule has 162 valence electrons. The summed E-state index contributed by atoms with van der Waals surface area (Å²) in [6.45, 7) is 0. The van der Waals surface area contributed by atoms with Crippen LogP contribution in [0.3, 0.4) is 0 Å². The summed E-state index contributed by atoms with van der Waals surface area (Å²) >= 11 is 6.97. The zero-order valence-electron chi connectivity index (χ0n) is 17.7. The maximum atomic E-state index is 13.2. The average molecular weight is 462 g/mol. The summed E-state index contributed by atoms with van der Waals surface area (Å²) in [6.07, 6.45) is 8.26. The minimum absolute atomic E-state index is 0.0101. The van der Waals surface area contributed by atoms with E-state index in [2.05, 4.69) is 0 Å². The summed E-state index contributed by atoms with van der Waals surface area (Å²) in [4.78, 5) is 15.7. The van der Waals surface area contributed by atoms with Gasteiger partial charge in [-0.3, -0.25) is 9.69 Å². The van der Waals surface area contributed by atoms with Crippen molar-refractivity contribution < 1.29 is 9.53 Å². The maximum absolute atomic E-state index is 13.2. The Hall–Kier alpha value is -2.90. The van der Waals surface area contributed by atoms with Crippen molar-refractivity contribution in [3.8, 4) is 22.7 Å². The van der Waals surface area contributed by atoms with Gasteiger partial charge in [-0.1, -0.05) is 67.2 Å². The third-order valence-corrected chi connectivity index (χ3v) is 7.24. The first kappa shape index (κ1) is 21.0. The second-order valence-electron chi connectivity index (χ2n) is 7.94. The van der Waals surface area contributed by atoms with Gasteiger partial charge in [0.25, 0.3) is 5.91 Å². The van der Waals surface area contributed by atoms with E-state index in [9.17, 15) is 4.79 Å². The van der Waals surface area contributed by atoms with E-state index in [0.29, 0.717) is 9.23 Å². The first-order valence-corrected chi connectivity index (χ1v) is 11.9. The number of rotatable bonds is 5. The maximum Gasteiger partial charge on any atom is 0.266 e. The van der Waals surface area contributed by atoms with Crippen molar-refractivity contribution in [2.75, 3.05) is 7.11 Å². The fourth-order valence-corrected chi connectivity index (χ4v) is 5.69. The molecular formula is C25H23N3O2S2. The number of nitrogens with zero attached hydrogens (tertiary/aromatic N) is 3. The Bertz CT molecular complexity index is 1200. The van der Waals surface area contributed by atoms with Gasteiger partial charge in [-0.25, -0.2) is 4.68 Å². The fourth-order valence-electron chi connectivity index (χ4n) is 4.30. The van der Waals surface area contributed by atoms with Crippen molar-refractivity contribution in [1.29, 1.82) is 0 Å². The minimum atomic E-state index is 0.0101. The predicted molar refractivity (Wildman–Crippen MR) is 133 cm³/mol. The number of benzene rings is 2. The van der Waals surface area contributed by atoms with Crippen LogP contribution in [0.5, 0.6) is 5.75 Å². The van der Waals surface area contributed by atoms with E-state index >= 15 is 0 Å². The van der Waals surface area contributed by atoms with E-state index in [1.54, 1.807) is 7.11 Å². The van der Waals surface area contributed by atoms with Crippen LogP contribution in [0.25, 0.3) is 23.0 Å². The molecule has 0 radical (unpaired) electrons. The number of thiocarbonyl (C=S) groups is 1. The molecule has 32 heavy (non-hydrogen) atoms. The molecule has 1 aliphatic heterocycles. The number of hydrogen-bond donors (Lipinski definition) is 0. The third-order valence-electron chi connectivity index (χ3n) is 5.91. The molecule has 5 nitrogen and oxygen atoms in total. The van der Waals surface area contributed by atoms with E-state index in [1.165, 1.54) is 11.8 Å². The van der Waals surface area contributed by atoms with Gasteiger partial charge in [0.05, 0.1) is 17.7 Å². The first-order chi connectivity index (χ1) is 15.6. The zero-order valence-corrected chi connectivity index (χ0v) is 19.4. The van der Waals surface area contributed by atoms with Gasteiger partial charge in [-0.15, -0.1) is 0 Å². The lowest BCUT2D eigenvalue weighted by atomic mass is 10.1. The average Bonchev–Trinajstić information content (AvgIpc) is 3.55. The number of carbonyl (C=O) groups is 1. The highest BCUT2D eigenvalue weighted by Gasteiger charge is 2.38. The number of para-hydroxylation sites is 1. The van der Waals surface area contributed by atoms with Crippen LogP contribution in [-0.2, 0) is 4.79 Å². The molecule has 0 atom stereocenters. The van der Waals surface area contributed by atoms with Crippen molar-refractivity contribution in [1.82, 2.24) is 14.7 Å². The highest BCUT2D eigenvalue weighted by atomic mass is 32.2. The van der Waals surface area contributed by atoms with Gasteiger partial charge < -0.3 is 4.74 Å². The van der Waals surface area contributed by atoms with Gasteiger partial charge in [-0.05, 0) is 43.2 Å². The van der Waals surface area contributed by atoms with Crippen molar-refractivity contribution in [2.24, 2.45) is 0 Å². The summed E-state index contributed by atoms with van der Waals surface area (Å²) in [5, 5.41) is 4.86. The van der Waals surface area contributed by atoms with Crippen LogP contribution in [0.2, 0.25) is 0 Å². The molecule has 1 amide bonds. The summed E-state index contributed by atoms with van der Waals surface area (Å²) in [5.41, 5.74) is 3.54. The molecule has 2 aromatic carbocycles. The number of carbonyl (C=O) groups excluding carboxylic acids is 1. The number of aromatic nitrogens is 2. The fraction of sp³-hybridized carbons (Fsp3) is 0.240. The Labute approximate surface area is 197 Å². The molecule has 1 aromatic heterocycles. The molecule has 2 fully saturated rings. The van der Waals surface area contributed by atoms with Crippen LogP contribution in [0, 0.1) is 0 Å². The summed E-state index contributed by atoms with van der Waals surface area (Å²) in [5.74, 6) is 0.770. The van der Waals surface area contributed by atoms with Gasteiger partial charge in [-0.2, -0.15) is 5.10 Å². The number of hydrogen-bond acceptors (Lipinski definition) is 5. The smallest absolute Gasteiger partial charge is 0.266 e. The normalized spacial score (nSPS) is 18.2. The Morgan fingerprint density at radius 2 is 1.91 bits per heavy atom. The zero-order chi connectivity index (χ0) is 22.1. The molecule has 2 heterocycles. The van der Waals surface area contributed by atoms with E-state index in [4.69, 9.17) is 22.1 Å². The number of ether oxygens (including phenoxy) is 1. The summed E-state index contributed by atoms with van der Waals surface area (Å²) < 4.78 is 7.92. The summed E-state index contributed by atoms with van der Waals surface area (Å²) in [6, 6.07) is 18.0. The number of thioether (sulfide) groups is 1. The Morgan fingerprint density at radius 1 is 1.12 bits per heavy atom. The van der Waals surface area contributed by atoms with Crippen LogP contribution in [0.15, 0.2) is 65.7 Å². The van der Waals surface area contributed by atoms with Gasteiger partial charge in [0.1, 0.15) is 15.8 Å².